The van der Waals surface area contributed by atoms with E-state index in [1.165, 1.54) is 10.6 Å². The molecule has 2 rings (SSSR count). The topological polar surface area (TPSA) is 69.7 Å². The highest BCUT2D eigenvalue weighted by atomic mass is 127. The molecule has 1 aliphatic heterocycles. The predicted octanol–water partition coefficient (Wildman–Crippen LogP) is 1.20. The first kappa shape index (κ1) is 17.6. The molecule has 1 aliphatic rings. The molecule has 0 aliphatic carbocycles. The molecule has 1 heterocycles. The van der Waals surface area contributed by atoms with Crippen molar-refractivity contribution in [1.82, 2.24) is 9.21 Å². The highest BCUT2D eigenvalue weighted by Crippen LogP contribution is 2.11. The molecule has 1 amide bonds. The number of anilines is 1. The van der Waals surface area contributed by atoms with E-state index in [0.29, 0.717) is 19.6 Å². The normalized spacial score (nSPS) is 17.9. The molecule has 0 unspecified atom stereocenters. The Balaban J connectivity index is 1.85. The zero-order valence-electron chi connectivity index (χ0n) is 12.5. The summed E-state index contributed by atoms with van der Waals surface area (Å²) >= 11 is 2.21. The van der Waals surface area contributed by atoms with Gasteiger partial charge >= 0.3 is 0 Å². The molecule has 1 saturated heterocycles. The summed E-state index contributed by atoms with van der Waals surface area (Å²) in [5, 5.41) is 2.86. The van der Waals surface area contributed by atoms with Crippen LogP contribution < -0.4 is 5.32 Å². The fourth-order valence-electron chi connectivity index (χ4n) is 2.37. The number of nitrogens with zero attached hydrogens (tertiary/aromatic N) is 2. The summed E-state index contributed by atoms with van der Waals surface area (Å²) < 4.78 is 25.7. The van der Waals surface area contributed by atoms with Gasteiger partial charge in [-0.15, -0.1) is 0 Å². The lowest BCUT2D eigenvalue weighted by Crippen LogP contribution is -2.37. The molecule has 1 N–H and O–H groups in total. The lowest BCUT2D eigenvalue weighted by atomic mass is 10.3. The maximum Gasteiger partial charge on any atom is 0.238 e. The van der Waals surface area contributed by atoms with Crippen LogP contribution in [0.3, 0.4) is 0 Å². The molecule has 1 aromatic rings. The molecule has 122 valence electrons. The maximum atomic E-state index is 12.1. The van der Waals surface area contributed by atoms with Crippen molar-refractivity contribution in [3.8, 4) is 0 Å². The van der Waals surface area contributed by atoms with Crippen LogP contribution in [0.15, 0.2) is 24.3 Å². The SMILES string of the molecule is CS(=O)(=O)N1CCCN(CC(=O)Nc2ccc(I)cc2)CC1. The molecule has 1 aromatic carbocycles. The van der Waals surface area contributed by atoms with Gasteiger partial charge in [-0.3, -0.25) is 9.69 Å². The zero-order chi connectivity index (χ0) is 16.2. The van der Waals surface area contributed by atoms with E-state index in [4.69, 9.17) is 0 Å². The first-order valence-electron chi connectivity index (χ1n) is 7.07. The number of rotatable bonds is 4. The Bertz CT molecular complexity index is 619. The number of hydrogen-bond acceptors (Lipinski definition) is 4. The van der Waals surface area contributed by atoms with Gasteiger partial charge in [0.2, 0.25) is 15.9 Å². The molecule has 0 bridgehead atoms. The van der Waals surface area contributed by atoms with Gasteiger partial charge in [0, 0.05) is 28.9 Å². The van der Waals surface area contributed by atoms with Gasteiger partial charge in [-0.05, 0) is 59.8 Å². The van der Waals surface area contributed by atoms with Crippen molar-refractivity contribution in [2.24, 2.45) is 0 Å². The van der Waals surface area contributed by atoms with Crippen molar-refractivity contribution in [3.05, 3.63) is 27.8 Å². The highest BCUT2D eigenvalue weighted by molar-refractivity contribution is 14.1. The number of hydrogen-bond donors (Lipinski definition) is 1. The van der Waals surface area contributed by atoms with Crippen molar-refractivity contribution >= 4 is 44.2 Å². The van der Waals surface area contributed by atoms with Crippen molar-refractivity contribution in [2.75, 3.05) is 44.3 Å². The smallest absolute Gasteiger partial charge is 0.238 e. The third kappa shape index (κ3) is 5.49. The van der Waals surface area contributed by atoms with Gasteiger partial charge in [-0.25, -0.2) is 12.7 Å². The summed E-state index contributed by atoms with van der Waals surface area (Å²) in [6, 6.07) is 7.61. The average Bonchev–Trinajstić information content (AvgIpc) is 2.66. The van der Waals surface area contributed by atoms with E-state index in [-0.39, 0.29) is 12.5 Å². The summed E-state index contributed by atoms with van der Waals surface area (Å²) in [6.45, 7) is 2.55. The van der Waals surface area contributed by atoms with Crippen LogP contribution in [-0.2, 0) is 14.8 Å². The minimum atomic E-state index is -3.15. The minimum Gasteiger partial charge on any atom is -0.325 e. The number of sulfonamides is 1. The number of benzene rings is 1. The van der Waals surface area contributed by atoms with E-state index < -0.39 is 10.0 Å². The van der Waals surface area contributed by atoms with Gasteiger partial charge in [-0.1, -0.05) is 0 Å². The molecule has 1 fully saturated rings. The van der Waals surface area contributed by atoms with Crippen LogP contribution >= 0.6 is 22.6 Å². The number of carbonyl (C=O) groups excluding carboxylic acids is 1. The van der Waals surface area contributed by atoms with E-state index in [2.05, 4.69) is 27.9 Å². The number of carbonyl (C=O) groups is 1. The maximum absolute atomic E-state index is 12.1. The molecule has 0 radical (unpaired) electrons. The summed E-state index contributed by atoms with van der Waals surface area (Å²) in [6.07, 6.45) is 1.97. The molecule has 0 saturated carbocycles. The molecule has 0 aromatic heterocycles. The summed E-state index contributed by atoms with van der Waals surface area (Å²) in [7, 11) is -3.15. The van der Waals surface area contributed by atoms with Gasteiger partial charge in [0.25, 0.3) is 0 Å². The second-order valence-electron chi connectivity index (χ2n) is 5.35. The Kier molecular flexibility index (Phi) is 6.18. The monoisotopic (exact) mass is 437 g/mol. The Morgan fingerprint density at radius 3 is 2.50 bits per heavy atom. The summed E-state index contributed by atoms with van der Waals surface area (Å²) in [4.78, 5) is 14.1. The van der Waals surface area contributed by atoms with Gasteiger partial charge in [-0.2, -0.15) is 0 Å². The van der Waals surface area contributed by atoms with Crippen LogP contribution in [-0.4, -0.2) is 62.5 Å². The van der Waals surface area contributed by atoms with Crippen LogP contribution in [0.5, 0.6) is 0 Å². The van der Waals surface area contributed by atoms with Gasteiger partial charge in [0.05, 0.1) is 12.8 Å². The summed E-state index contributed by atoms with van der Waals surface area (Å²) in [5.74, 6) is -0.0750. The lowest BCUT2D eigenvalue weighted by Gasteiger charge is -2.20. The largest absolute Gasteiger partial charge is 0.325 e. The second kappa shape index (κ2) is 7.71. The second-order valence-corrected chi connectivity index (χ2v) is 8.57. The first-order valence-corrected chi connectivity index (χ1v) is 10.0. The highest BCUT2D eigenvalue weighted by Gasteiger charge is 2.22. The number of halogens is 1. The average molecular weight is 437 g/mol. The van der Waals surface area contributed by atoms with E-state index in [1.807, 2.05) is 29.2 Å². The first-order chi connectivity index (χ1) is 10.3. The molecule has 6 nitrogen and oxygen atoms in total. The Hall–Kier alpha value is -0.710. The minimum absolute atomic E-state index is 0.0750. The third-order valence-electron chi connectivity index (χ3n) is 3.51. The summed E-state index contributed by atoms with van der Waals surface area (Å²) in [5.41, 5.74) is 0.776. The number of amides is 1. The molecular weight excluding hydrogens is 417 g/mol. The fraction of sp³-hybridized carbons (Fsp3) is 0.500. The van der Waals surface area contributed by atoms with E-state index >= 15 is 0 Å². The van der Waals surface area contributed by atoms with Crippen LogP contribution in [0.25, 0.3) is 0 Å². The molecule has 0 spiro atoms. The predicted molar refractivity (Wildman–Crippen MR) is 95.3 cm³/mol. The quantitative estimate of drug-likeness (QED) is 0.719. The van der Waals surface area contributed by atoms with Crippen LogP contribution in [0.1, 0.15) is 6.42 Å². The van der Waals surface area contributed by atoms with Gasteiger partial charge < -0.3 is 5.32 Å². The van der Waals surface area contributed by atoms with Crippen LogP contribution in [0.2, 0.25) is 0 Å². The Morgan fingerprint density at radius 2 is 1.86 bits per heavy atom. The standard InChI is InChI=1S/C14H20IN3O3S/c1-22(20,21)18-8-2-7-17(9-10-18)11-14(19)16-13-5-3-12(15)4-6-13/h3-6H,2,7-11H2,1H3,(H,16,19). The number of nitrogens with one attached hydrogen (secondary N) is 1. The van der Waals surface area contributed by atoms with Gasteiger partial charge in [0.1, 0.15) is 0 Å². The van der Waals surface area contributed by atoms with Crippen LogP contribution in [0, 0.1) is 3.57 Å². The lowest BCUT2D eigenvalue weighted by molar-refractivity contribution is -0.117. The zero-order valence-corrected chi connectivity index (χ0v) is 15.4. The molecule has 22 heavy (non-hydrogen) atoms. The third-order valence-corrected chi connectivity index (χ3v) is 5.53. The Morgan fingerprint density at radius 1 is 1.18 bits per heavy atom. The molecule has 8 heteroatoms. The van der Waals surface area contributed by atoms with Gasteiger partial charge in [0.15, 0.2) is 0 Å². The van der Waals surface area contributed by atoms with Crippen molar-refractivity contribution in [1.29, 1.82) is 0 Å². The van der Waals surface area contributed by atoms with Crippen molar-refractivity contribution in [3.63, 3.8) is 0 Å². The fourth-order valence-corrected chi connectivity index (χ4v) is 3.61. The molecule has 0 atom stereocenters. The molecular formula is C14H20IN3O3S. The van der Waals surface area contributed by atoms with E-state index in [0.717, 1.165) is 22.2 Å². The van der Waals surface area contributed by atoms with Crippen molar-refractivity contribution < 1.29 is 13.2 Å². The van der Waals surface area contributed by atoms with E-state index in [1.54, 1.807) is 0 Å². The Labute approximate surface area is 145 Å². The van der Waals surface area contributed by atoms with E-state index in [9.17, 15) is 13.2 Å². The van der Waals surface area contributed by atoms with Crippen molar-refractivity contribution in [2.45, 2.75) is 6.42 Å². The van der Waals surface area contributed by atoms with Crippen LogP contribution in [0.4, 0.5) is 5.69 Å².